The van der Waals surface area contributed by atoms with E-state index in [-0.39, 0.29) is 75.7 Å². The van der Waals surface area contributed by atoms with Crippen LogP contribution < -0.4 is 66.3 Å². The zero-order valence-corrected chi connectivity index (χ0v) is 38.8. The van der Waals surface area contributed by atoms with E-state index >= 15 is 0 Å². The maximum absolute atomic E-state index is 14.5. The van der Waals surface area contributed by atoms with E-state index in [2.05, 4.69) is 41.9 Å². The maximum Gasteiger partial charge on any atom is 0.243 e. The summed E-state index contributed by atoms with van der Waals surface area (Å²) in [5.41, 5.74) is 34.4. The number of aliphatic imine (C=N–C) groups is 2. The van der Waals surface area contributed by atoms with Crippen molar-refractivity contribution in [1.82, 2.24) is 31.9 Å². The number of nitrogens with zero attached hydrogens (tertiary/aromatic N) is 2. The Morgan fingerprint density at radius 3 is 1.48 bits per heavy atom. The third-order valence-electron chi connectivity index (χ3n) is 10.8. The average Bonchev–Trinajstić information content (AvgIpc) is 3.29. The largest absolute Gasteiger partial charge is 0.508 e. The van der Waals surface area contributed by atoms with E-state index in [1.165, 1.54) is 12.1 Å². The molecule has 0 fully saturated rings. The van der Waals surface area contributed by atoms with Gasteiger partial charge in [-0.1, -0.05) is 69.7 Å². The molecule has 2 aromatic carbocycles. The number of amides is 7. The summed E-state index contributed by atoms with van der Waals surface area (Å²) in [7, 11) is 0. The highest BCUT2D eigenvalue weighted by Crippen LogP contribution is 2.15. The molecule has 370 valence electrons. The minimum atomic E-state index is -1.38. The van der Waals surface area contributed by atoms with E-state index in [0.717, 1.165) is 0 Å². The molecule has 22 nitrogen and oxygen atoms in total. The summed E-state index contributed by atoms with van der Waals surface area (Å²) in [6.07, 6.45) is 2.36. The van der Waals surface area contributed by atoms with Crippen LogP contribution in [0.1, 0.15) is 89.7 Å². The van der Waals surface area contributed by atoms with Gasteiger partial charge in [0.1, 0.15) is 42.0 Å². The molecule has 0 bridgehead atoms. The van der Waals surface area contributed by atoms with Crippen LogP contribution in [0.3, 0.4) is 0 Å². The molecule has 2 aromatic rings. The number of carbonyl (C=O) groups is 7. The van der Waals surface area contributed by atoms with Crippen molar-refractivity contribution < 1.29 is 38.7 Å². The minimum Gasteiger partial charge on any atom is -0.508 e. The molecule has 0 radical (unpaired) electrons. The topological polar surface area (TPSA) is 393 Å². The Morgan fingerprint density at radius 1 is 0.552 bits per heavy atom. The van der Waals surface area contributed by atoms with Gasteiger partial charge in [-0.15, -0.1) is 0 Å². The fraction of sp³-hybridized carbons (Fsp3) is 0.533. The van der Waals surface area contributed by atoms with Gasteiger partial charge in [-0.2, -0.15) is 0 Å². The van der Waals surface area contributed by atoms with Gasteiger partial charge in [-0.3, -0.25) is 43.5 Å². The molecule has 0 aromatic heterocycles. The third kappa shape index (κ3) is 21.7. The molecule has 7 atom stereocenters. The van der Waals surface area contributed by atoms with E-state index in [4.69, 9.17) is 34.4 Å². The summed E-state index contributed by atoms with van der Waals surface area (Å²) in [6, 6.07) is 7.52. The number of benzene rings is 2. The van der Waals surface area contributed by atoms with Crippen molar-refractivity contribution in [2.75, 3.05) is 19.6 Å². The number of hydrogen-bond acceptors (Lipinski definition) is 11. The van der Waals surface area contributed by atoms with Gasteiger partial charge in [0.05, 0.1) is 0 Å². The van der Waals surface area contributed by atoms with Gasteiger partial charge in [0.25, 0.3) is 0 Å². The Balaban J connectivity index is 2.55. The Kier molecular flexibility index (Phi) is 25.4. The van der Waals surface area contributed by atoms with Crippen LogP contribution in [-0.4, -0.2) is 114 Å². The van der Waals surface area contributed by atoms with E-state index in [1.807, 2.05) is 6.92 Å². The maximum atomic E-state index is 14.5. The summed E-state index contributed by atoms with van der Waals surface area (Å²) in [4.78, 5) is 103. The van der Waals surface area contributed by atoms with Crippen LogP contribution in [0.15, 0.2) is 64.6 Å². The molecule has 0 unspecified atom stereocenters. The number of guanidine groups is 2. The van der Waals surface area contributed by atoms with E-state index in [1.54, 1.807) is 56.3 Å². The van der Waals surface area contributed by atoms with Gasteiger partial charge in [0, 0.05) is 32.4 Å². The number of rotatable bonds is 31. The normalized spacial score (nSPS) is 14.0. The first kappa shape index (κ1) is 56.2. The minimum absolute atomic E-state index is 0.0209. The molecule has 7 amide bonds. The predicted octanol–water partition coefficient (Wildman–Crippen LogP) is -1.74. The lowest BCUT2D eigenvalue weighted by Gasteiger charge is -2.29. The summed E-state index contributed by atoms with van der Waals surface area (Å²) < 4.78 is 0. The molecule has 22 heteroatoms. The third-order valence-corrected chi connectivity index (χ3v) is 10.8. The van der Waals surface area contributed by atoms with Crippen LogP contribution in [0.4, 0.5) is 0 Å². The van der Waals surface area contributed by atoms with Crippen molar-refractivity contribution >= 4 is 53.3 Å². The van der Waals surface area contributed by atoms with E-state index < -0.39 is 83.5 Å². The molecule has 2 rings (SSSR count). The number of primary amides is 1. The lowest BCUT2D eigenvalue weighted by Crippen LogP contribution is -2.61. The molecular weight excluding hydrogens is 865 g/mol. The number of phenolic OH excluding ortho intramolecular Hbond substituents is 1. The fourth-order valence-electron chi connectivity index (χ4n) is 6.79. The molecule has 0 aliphatic rings. The summed E-state index contributed by atoms with van der Waals surface area (Å²) in [6.45, 7) is 5.84. The van der Waals surface area contributed by atoms with Gasteiger partial charge in [-0.05, 0) is 80.7 Å². The second-order valence-corrected chi connectivity index (χ2v) is 16.2. The summed E-state index contributed by atoms with van der Waals surface area (Å²) in [5.74, 6) is -5.61. The number of unbranched alkanes of at least 4 members (excludes halogenated alkanes) is 1. The van der Waals surface area contributed by atoms with Crippen LogP contribution in [0.5, 0.6) is 5.75 Å². The monoisotopic (exact) mass is 937 g/mol. The summed E-state index contributed by atoms with van der Waals surface area (Å²) in [5, 5.41) is 26.4. The van der Waals surface area contributed by atoms with Crippen molar-refractivity contribution in [2.45, 2.75) is 128 Å². The standard InChI is InChI=1S/C45H72N14O8/c1-4-27(3)37(43(67)55-31(38(47)62)15-9-10-22-46)59-40(64)33(17-12-24-53-45(50)51)56-41(65)35(26-29-18-20-30(60)21-19-29)58-42(66)34(25-28-13-7-6-8-14-28)57-39(63)32(54-36(61)5-2)16-11-23-52-44(48)49/h6-8,13-14,18-21,27,31-35,37,60H,4-5,9-12,15-17,22-26,46H2,1-3H3,(H2,47,62)(H,54,61)(H,55,67)(H,56,65)(H,57,63)(H,58,66)(H,59,64)(H4,48,49,52)(H4,50,51,53)/t27-,31-,32-,33-,34-,35-,37-/m0/s1. The first-order valence-electron chi connectivity index (χ1n) is 22.6. The number of aromatic hydroxyl groups is 1. The van der Waals surface area contributed by atoms with E-state index in [0.29, 0.717) is 43.4 Å². The van der Waals surface area contributed by atoms with Crippen LogP contribution in [0.25, 0.3) is 0 Å². The first-order valence-corrected chi connectivity index (χ1v) is 22.6. The molecule has 0 saturated carbocycles. The van der Waals surface area contributed by atoms with Gasteiger partial charge >= 0.3 is 0 Å². The number of nitrogens with two attached hydrogens (primary N) is 6. The Labute approximate surface area is 392 Å². The van der Waals surface area contributed by atoms with Crippen LogP contribution in [0.2, 0.25) is 0 Å². The number of hydrogen-bond donors (Lipinski definition) is 13. The SMILES string of the molecule is CCC(=O)N[C@@H](CCCN=C(N)N)C(=O)N[C@@H](Cc1ccccc1)C(=O)N[C@@H](Cc1ccc(O)cc1)C(=O)N[C@@H](CCCN=C(N)N)C(=O)N[C@H](C(=O)N[C@@H](CCCCN)C(N)=O)[C@@H](C)CC. The van der Waals surface area contributed by atoms with Crippen molar-refractivity contribution in [2.24, 2.45) is 50.3 Å². The first-order chi connectivity index (χ1) is 31.9. The van der Waals surface area contributed by atoms with E-state index in [9.17, 15) is 38.7 Å². The highest BCUT2D eigenvalue weighted by molar-refractivity contribution is 5.97. The highest BCUT2D eigenvalue weighted by Gasteiger charge is 2.34. The average molecular weight is 937 g/mol. The molecule has 67 heavy (non-hydrogen) atoms. The summed E-state index contributed by atoms with van der Waals surface area (Å²) >= 11 is 0. The number of carbonyl (C=O) groups excluding carboxylic acids is 7. The van der Waals surface area contributed by atoms with Crippen LogP contribution in [-0.2, 0) is 46.4 Å². The zero-order chi connectivity index (χ0) is 49.9. The predicted molar refractivity (Wildman–Crippen MR) is 255 cm³/mol. The van der Waals surface area contributed by atoms with Gasteiger partial charge in [-0.25, -0.2) is 0 Å². The Bertz CT molecular complexity index is 1960. The fourth-order valence-corrected chi connectivity index (χ4v) is 6.79. The highest BCUT2D eigenvalue weighted by atomic mass is 16.3. The second-order valence-electron chi connectivity index (χ2n) is 16.2. The zero-order valence-electron chi connectivity index (χ0n) is 38.8. The Morgan fingerprint density at radius 2 is 1.00 bits per heavy atom. The second kappa shape index (κ2) is 30.3. The lowest BCUT2D eigenvalue weighted by atomic mass is 9.96. The number of phenols is 1. The molecule has 0 spiro atoms. The Hall–Kier alpha value is -6.97. The van der Waals surface area contributed by atoms with Gasteiger partial charge < -0.3 is 71.4 Å². The van der Waals surface area contributed by atoms with Gasteiger partial charge in [0.15, 0.2) is 11.9 Å². The van der Waals surface area contributed by atoms with Crippen molar-refractivity contribution in [3.63, 3.8) is 0 Å². The molecule has 0 saturated heterocycles. The van der Waals surface area contributed by atoms with Crippen LogP contribution >= 0.6 is 0 Å². The molecular formula is C45H72N14O8. The van der Waals surface area contributed by atoms with Gasteiger partial charge in [0.2, 0.25) is 41.4 Å². The van der Waals surface area contributed by atoms with Crippen LogP contribution in [0, 0.1) is 5.92 Å². The molecule has 19 N–H and O–H groups in total. The molecule has 0 aliphatic heterocycles. The quantitative estimate of drug-likeness (QED) is 0.0227. The smallest absolute Gasteiger partial charge is 0.243 e. The number of nitrogens with one attached hydrogen (secondary N) is 6. The molecule has 0 heterocycles. The van der Waals surface area contributed by atoms with Crippen molar-refractivity contribution in [3.8, 4) is 5.75 Å². The lowest BCUT2D eigenvalue weighted by molar-refractivity contribution is -0.136. The van der Waals surface area contributed by atoms with Crippen molar-refractivity contribution in [1.29, 1.82) is 0 Å². The molecule has 0 aliphatic carbocycles. The van der Waals surface area contributed by atoms with Crippen molar-refractivity contribution in [3.05, 3.63) is 65.7 Å².